The number of ether oxygens (including phenoxy) is 1. The first-order valence-corrected chi connectivity index (χ1v) is 8.49. The van der Waals surface area contributed by atoms with Crippen molar-refractivity contribution in [2.24, 2.45) is 0 Å². The summed E-state index contributed by atoms with van der Waals surface area (Å²) >= 11 is 1.78. The van der Waals surface area contributed by atoms with E-state index >= 15 is 0 Å². The molecule has 0 radical (unpaired) electrons. The zero-order valence-corrected chi connectivity index (χ0v) is 14.2. The third kappa shape index (κ3) is 3.37. The van der Waals surface area contributed by atoms with E-state index in [0.29, 0.717) is 11.4 Å². The number of nitrogens with zero attached hydrogens (tertiary/aromatic N) is 1. The van der Waals surface area contributed by atoms with E-state index in [2.05, 4.69) is 31.2 Å². The number of nitrogens with two attached hydrogens (primary N) is 1. The summed E-state index contributed by atoms with van der Waals surface area (Å²) in [5.74, 6) is 0.715. The van der Waals surface area contributed by atoms with Crippen LogP contribution in [0.3, 0.4) is 0 Å². The van der Waals surface area contributed by atoms with Gasteiger partial charge in [-0.05, 0) is 24.1 Å². The Balaban J connectivity index is 1.89. The maximum atomic E-state index is 6.00. The Morgan fingerprint density at radius 1 is 1.13 bits per heavy atom. The fourth-order valence-electron chi connectivity index (χ4n) is 2.61. The molecule has 0 aliphatic rings. The lowest BCUT2D eigenvalue weighted by molar-refractivity contribution is 0.417. The second kappa shape index (κ2) is 6.84. The van der Waals surface area contributed by atoms with E-state index in [1.54, 1.807) is 18.4 Å². The Hall–Kier alpha value is -2.33. The van der Waals surface area contributed by atoms with Gasteiger partial charge in [0.05, 0.1) is 23.5 Å². The van der Waals surface area contributed by atoms with Crippen LogP contribution in [0.2, 0.25) is 0 Å². The van der Waals surface area contributed by atoms with Gasteiger partial charge in [-0.2, -0.15) is 0 Å². The molecule has 0 amide bonds. The summed E-state index contributed by atoms with van der Waals surface area (Å²) in [6.45, 7) is 2.18. The molecular weight excluding hydrogens is 304 g/mol. The lowest BCUT2D eigenvalue weighted by Gasteiger charge is -2.06. The van der Waals surface area contributed by atoms with Gasteiger partial charge in [0.2, 0.25) is 0 Å². The van der Waals surface area contributed by atoms with Crippen molar-refractivity contribution in [3.63, 3.8) is 0 Å². The van der Waals surface area contributed by atoms with Crippen molar-refractivity contribution >= 4 is 17.0 Å². The van der Waals surface area contributed by atoms with Gasteiger partial charge in [0, 0.05) is 16.9 Å². The van der Waals surface area contributed by atoms with Gasteiger partial charge in [-0.3, -0.25) is 0 Å². The third-order valence-electron chi connectivity index (χ3n) is 3.76. The Bertz CT molecular complexity index is 796. The largest absolute Gasteiger partial charge is 0.495 e. The fourth-order valence-corrected chi connectivity index (χ4v) is 3.67. The molecule has 0 spiro atoms. The molecule has 0 saturated carbocycles. The van der Waals surface area contributed by atoms with Gasteiger partial charge in [-0.25, -0.2) is 4.98 Å². The number of methoxy groups -OCH3 is 1. The minimum absolute atomic E-state index is 0.667. The van der Waals surface area contributed by atoms with Crippen LogP contribution in [0.5, 0.6) is 5.75 Å². The molecule has 23 heavy (non-hydrogen) atoms. The van der Waals surface area contributed by atoms with Gasteiger partial charge in [0.25, 0.3) is 0 Å². The Kier molecular flexibility index (Phi) is 4.63. The number of benzene rings is 2. The van der Waals surface area contributed by atoms with Gasteiger partial charge in [-0.15, -0.1) is 11.3 Å². The summed E-state index contributed by atoms with van der Waals surface area (Å²) in [5.41, 5.74) is 10.1. The first-order valence-electron chi connectivity index (χ1n) is 7.67. The third-order valence-corrected chi connectivity index (χ3v) is 4.96. The van der Waals surface area contributed by atoms with E-state index in [9.17, 15) is 0 Å². The van der Waals surface area contributed by atoms with Crippen LogP contribution >= 0.6 is 11.3 Å². The number of aryl methyl sites for hydroxylation is 1. The highest BCUT2D eigenvalue weighted by atomic mass is 32.1. The van der Waals surface area contributed by atoms with Crippen LogP contribution in [0.1, 0.15) is 22.4 Å². The number of thiazole rings is 1. The second-order valence-corrected chi connectivity index (χ2v) is 6.52. The molecule has 118 valence electrons. The SMILES string of the molecule is CCc1sc(Cc2ccc(OC)c(N)c2)nc1-c1ccccc1. The van der Waals surface area contributed by atoms with E-state index < -0.39 is 0 Å². The summed E-state index contributed by atoms with van der Waals surface area (Å²) in [7, 11) is 1.63. The Morgan fingerprint density at radius 2 is 1.91 bits per heavy atom. The van der Waals surface area contributed by atoms with E-state index in [4.69, 9.17) is 15.5 Å². The Labute approximate surface area is 140 Å². The predicted octanol–water partition coefficient (Wildman–Crippen LogP) is 4.55. The minimum atomic E-state index is 0.667. The average Bonchev–Trinajstić information content (AvgIpc) is 2.99. The van der Waals surface area contributed by atoms with Crippen molar-refractivity contribution in [2.45, 2.75) is 19.8 Å². The average molecular weight is 324 g/mol. The summed E-state index contributed by atoms with van der Waals surface area (Å²) < 4.78 is 5.21. The Morgan fingerprint density at radius 3 is 2.57 bits per heavy atom. The highest BCUT2D eigenvalue weighted by Crippen LogP contribution is 2.31. The van der Waals surface area contributed by atoms with Gasteiger partial charge in [-0.1, -0.05) is 43.3 Å². The van der Waals surface area contributed by atoms with Crippen LogP contribution in [-0.4, -0.2) is 12.1 Å². The van der Waals surface area contributed by atoms with Crippen molar-refractivity contribution in [2.75, 3.05) is 12.8 Å². The normalized spacial score (nSPS) is 10.7. The van der Waals surface area contributed by atoms with E-state index in [1.807, 2.05) is 24.3 Å². The topological polar surface area (TPSA) is 48.1 Å². The molecule has 2 aromatic carbocycles. The number of nitrogen functional groups attached to an aromatic ring is 1. The van der Waals surface area contributed by atoms with E-state index in [0.717, 1.165) is 29.1 Å². The van der Waals surface area contributed by atoms with Crippen LogP contribution in [0.4, 0.5) is 5.69 Å². The fraction of sp³-hybridized carbons (Fsp3) is 0.211. The van der Waals surface area contributed by atoms with Gasteiger partial charge < -0.3 is 10.5 Å². The number of rotatable bonds is 5. The van der Waals surface area contributed by atoms with Crippen molar-refractivity contribution in [3.8, 4) is 17.0 Å². The minimum Gasteiger partial charge on any atom is -0.495 e. The lowest BCUT2D eigenvalue weighted by Crippen LogP contribution is -1.95. The number of hydrogen-bond donors (Lipinski definition) is 1. The number of hydrogen-bond acceptors (Lipinski definition) is 4. The maximum Gasteiger partial charge on any atom is 0.141 e. The molecule has 3 rings (SSSR count). The number of aromatic nitrogens is 1. The molecule has 0 saturated heterocycles. The van der Waals surface area contributed by atoms with Crippen LogP contribution in [0.15, 0.2) is 48.5 Å². The van der Waals surface area contributed by atoms with Crippen LogP contribution in [-0.2, 0) is 12.8 Å². The molecular formula is C19H20N2OS. The molecule has 0 aliphatic heterocycles. The van der Waals surface area contributed by atoms with Gasteiger partial charge in [0.15, 0.2) is 0 Å². The highest BCUT2D eigenvalue weighted by Gasteiger charge is 2.12. The zero-order valence-electron chi connectivity index (χ0n) is 13.4. The summed E-state index contributed by atoms with van der Waals surface area (Å²) in [4.78, 5) is 6.19. The summed E-state index contributed by atoms with van der Waals surface area (Å²) in [5, 5.41) is 1.12. The molecule has 1 aromatic heterocycles. The van der Waals surface area contributed by atoms with E-state index in [1.165, 1.54) is 10.4 Å². The van der Waals surface area contributed by atoms with Gasteiger partial charge in [0.1, 0.15) is 5.75 Å². The molecule has 3 aromatic rings. The van der Waals surface area contributed by atoms with Crippen molar-refractivity contribution in [3.05, 3.63) is 64.0 Å². The molecule has 0 unspecified atom stereocenters. The molecule has 0 bridgehead atoms. The molecule has 0 aliphatic carbocycles. The standard InChI is InChI=1S/C19H20N2OS/c1-3-17-19(14-7-5-4-6-8-14)21-18(23-17)12-13-9-10-16(22-2)15(20)11-13/h4-11H,3,12,20H2,1-2H3. The van der Waals surface area contributed by atoms with Crippen molar-refractivity contribution < 1.29 is 4.74 Å². The smallest absolute Gasteiger partial charge is 0.141 e. The lowest BCUT2D eigenvalue weighted by atomic mass is 10.1. The molecule has 2 N–H and O–H groups in total. The first-order chi connectivity index (χ1) is 11.2. The molecule has 0 atom stereocenters. The maximum absolute atomic E-state index is 6.00. The van der Waals surface area contributed by atoms with E-state index in [-0.39, 0.29) is 0 Å². The van der Waals surface area contributed by atoms with Crippen molar-refractivity contribution in [1.29, 1.82) is 0 Å². The monoisotopic (exact) mass is 324 g/mol. The van der Waals surface area contributed by atoms with Crippen LogP contribution in [0.25, 0.3) is 11.3 Å². The second-order valence-electron chi connectivity index (χ2n) is 5.35. The molecule has 4 heteroatoms. The highest BCUT2D eigenvalue weighted by molar-refractivity contribution is 7.12. The first kappa shape index (κ1) is 15.6. The van der Waals surface area contributed by atoms with Crippen molar-refractivity contribution in [1.82, 2.24) is 4.98 Å². The molecule has 0 fully saturated rings. The predicted molar refractivity (Wildman–Crippen MR) is 97.1 cm³/mol. The summed E-state index contributed by atoms with van der Waals surface area (Å²) in [6.07, 6.45) is 1.78. The molecule has 3 nitrogen and oxygen atoms in total. The zero-order chi connectivity index (χ0) is 16.2. The summed E-state index contributed by atoms with van der Waals surface area (Å²) in [6, 6.07) is 16.3. The van der Waals surface area contributed by atoms with Crippen LogP contribution < -0.4 is 10.5 Å². The number of anilines is 1. The van der Waals surface area contributed by atoms with Crippen LogP contribution in [0, 0.1) is 0 Å². The van der Waals surface area contributed by atoms with Gasteiger partial charge >= 0.3 is 0 Å². The quantitative estimate of drug-likeness (QED) is 0.700. The molecule has 1 heterocycles.